The second kappa shape index (κ2) is 6.69. The van der Waals surface area contributed by atoms with Gasteiger partial charge in [0.25, 0.3) is 0 Å². The molecule has 0 spiro atoms. The Labute approximate surface area is 132 Å². The van der Waals surface area contributed by atoms with Crippen LogP contribution in [0.4, 0.5) is 13.2 Å². The Morgan fingerprint density at radius 1 is 1.09 bits per heavy atom. The van der Waals surface area contributed by atoms with Crippen LogP contribution in [0.25, 0.3) is 0 Å². The number of methoxy groups -OCH3 is 1. The zero-order chi connectivity index (χ0) is 17.0. The highest BCUT2D eigenvalue weighted by atomic mass is 19.4. The van der Waals surface area contributed by atoms with Crippen LogP contribution in [-0.2, 0) is 6.18 Å². The molecule has 0 heterocycles. The van der Waals surface area contributed by atoms with E-state index in [1.807, 2.05) is 0 Å². The van der Waals surface area contributed by atoms with Gasteiger partial charge in [0.1, 0.15) is 5.75 Å². The Morgan fingerprint density at radius 2 is 1.65 bits per heavy atom. The Hall–Kier alpha value is -2.56. The van der Waals surface area contributed by atoms with Gasteiger partial charge in [0.05, 0.1) is 18.6 Å². The largest absolute Gasteiger partial charge is 0.497 e. The topological polar surface area (TPSA) is 26.3 Å². The summed E-state index contributed by atoms with van der Waals surface area (Å²) in [7, 11) is 1.52. The van der Waals surface area contributed by atoms with Gasteiger partial charge in [0.2, 0.25) is 0 Å². The highest BCUT2D eigenvalue weighted by Gasteiger charge is 2.30. The Balaban J connectivity index is 2.27. The van der Waals surface area contributed by atoms with E-state index in [0.717, 1.165) is 12.1 Å². The van der Waals surface area contributed by atoms with E-state index in [1.54, 1.807) is 24.3 Å². The van der Waals surface area contributed by atoms with E-state index >= 15 is 0 Å². The number of Topliss-reactive ketones (excluding diaryl/α,β-unsaturated/α-hetero) is 1. The molecule has 0 aliphatic rings. The van der Waals surface area contributed by atoms with E-state index in [1.165, 1.54) is 25.3 Å². The lowest BCUT2D eigenvalue weighted by Gasteiger charge is -2.14. The van der Waals surface area contributed by atoms with Gasteiger partial charge in [-0.05, 0) is 42.0 Å². The number of alkyl halides is 3. The highest BCUT2D eigenvalue weighted by molar-refractivity contribution is 6.02. The van der Waals surface area contributed by atoms with Crippen LogP contribution < -0.4 is 4.74 Å². The van der Waals surface area contributed by atoms with E-state index in [2.05, 4.69) is 6.58 Å². The Kier molecular flexibility index (Phi) is 4.89. The van der Waals surface area contributed by atoms with Gasteiger partial charge in [-0.1, -0.05) is 18.2 Å². The van der Waals surface area contributed by atoms with Crippen molar-refractivity contribution in [2.24, 2.45) is 0 Å². The number of carbonyl (C=O) groups is 1. The van der Waals surface area contributed by atoms with Gasteiger partial charge in [-0.15, -0.1) is 6.58 Å². The van der Waals surface area contributed by atoms with Crippen molar-refractivity contribution in [3.8, 4) is 5.75 Å². The first kappa shape index (κ1) is 16.8. The molecule has 2 aromatic carbocycles. The molecule has 23 heavy (non-hydrogen) atoms. The lowest BCUT2D eigenvalue weighted by Crippen LogP contribution is -2.11. The molecular formula is C18H15F3O2. The lowest BCUT2D eigenvalue weighted by atomic mass is 9.90. The van der Waals surface area contributed by atoms with Gasteiger partial charge >= 0.3 is 6.18 Å². The van der Waals surface area contributed by atoms with Gasteiger partial charge in [-0.3, -0.25) is 4.79 Å². The van der Waals surface area contributed by atoms with Crippen LogP contribution >= 0.6 is 0 Å². The number of benzene rings is 2. The molecule has 0 saturated carbocycles. The van der Waals surface area contributed by atoms with Gasteiger partial charge in [0.15, 0.2) is 5.78 Å². The molecule has 120 valence electrons. The minimum atomic E-state index is -4.40. The summed E-state index contributed by atoms with van der Waals surface area (Å²) in [4.78, 5) is 12.5. The van der Waals surface area contributed by atoms with E-state index in [0.29, 0.717) is 16.9 Å². The summed E-state index contributed by atoms with van der Waals surface area (Å²) in [6.07, 6.45) is -2.97. The van der Waals surface area contributed by atoms with Crippen molar-refractivity contribution in [1.82, 2.24) is 0 Å². The molecule has 0 aliphatic carbocycles. The van der Waals surface area contributed by atoms with Crippen LogP contribution in [0.15, 0.2) is 61.2 Å². The van der Waals surface area contributed by atoms with E-state index in [4.69, 9.17) is 4.74 Å². The van der Waals surface area contributed by atoms with Crippen LogP contribution in [0, 0.1) is 0 Å². The zero-order valence-electron chi connectivity index (χ0n) is 12.4. The molecule has 2 nitrogen and oxygen atoms in total. The molecule has 0 saturated heterocycles. The molecule has 2 aromatic rings. The number of ether oxygens (including phenoxy) is 1. The minimum Gasteiger partial charge on any atom is -0.497 e. The summed E-state index contributed by atoms with van der Waals surface area (Å²) in [6, 6.07) is 11.1. The second-order valence-electron chi connectivity index (χ2n) is 4.93. The van der Waals surface area contributed by atoms with E-state index in [-0.39, 0.29) is 5.78 Å². The minimum absolute atomic E-state index is 0.234. The monoisotopic (exact) mass is 320 g/mol. The highest BCUT2D eigenvalue weighted by Crippen LogP contribution is 2.31. The van der Waals surface area contributed by atoms with Gasteiger partial charge in [-0.25, -0.2) is 0 Å². The summed E-state index contributed by atoms with van der Waals surface area (Å²) < 4.78 is 42.8. The summed E-state index contributed by atoms with van der Waals surface area (Å²) in [5.41, 5.74) is 0.158. The molecule has 0 N–H and O–H groups in total. The maximum absolute atomic E-state index is 12.6. The summed E-state index contributed by atoms with van der Waals surface area (Å²) >= 11 is 0. The number of allylic oxidation sites excluding steroid dienone is 1. The van der Waals surface area contributed by atoms with Crippen LogP contribution in [0.2, 0.25) is 0 Å². The third-order valence-electron chi connectivity index (χ3n) is 3.49. The molecule has 0 bridgehead atoms. The SMILES string of the molecule is C=CC(C(=O)c1ccc(OC)cc1)c1ccc(C(F)(F)F)cc1. The van der Waals surface area contributed by atoms with Crippen molar-refractivity contribution in [3.63, 3.8) is 0 Å². The predicted molar refractivity (Wildman–Crippen MR) is 81.7 cm³/mol. The normalized spacial score (nSPS) is 12.5. The molecule has 0 aliphatic heterocycles. The molecule has 1 unspecified atom stereocenters. The molecule has 0 radical (unpaired) electrons. The number of carbonyl (C=O) groups excluding carboxylic acids is 1. The molecular weight excluding hydrogens is 305 g/mol. The van der Waals surface area contributed by atoms with E-state index < -0.39 is 17.7 Å². The van der Waals surface area contributed by atoms with Crippen LogP contribution in [0.5, 0.6) is 5.75 Å². The molecule has 2 rings (SSSR count). The zero-order valence-corrected chi connectivity index (χ0v) is 12.4. The van der Waals surface area contributed by atoms with Crippen molar-refractivity contribution in [1.29, 1.82) is 0 Å². The Bertz CT molecular complexity index is 686. The summed E-state index contributed by atoms with van der Waals surface area (Å²) in [5.74, 6) is -0.320. The van der Waals surface area contributed by atoms with Gasteiger partial charge in [-0.2, -0.15) is 13.2 Å². The van der Waals surface area contributed by atoms with Gasteiger partial charge in [0, 0.05) is 5.56 Å². The van der Waals surface area contributed by atoms with Crippen molar-refractivity contribution < 1.29 is 22.7 Å². The number of halogens is 3. The maximum atomic E-state index is 12.6. The summed E-state index contributed by atoms with van der Waals surface area (Å²) in [6.45, 7) is 3.62. The first-order valence-electron chi connectivity index (χ1n) is 6.85. The third kappa shape index (κ3) is 3.80. The first-order chi connectivity index (χ1) is 10.9. The molecule has 1 atom stereocenters. The average molecular weight is 320 g/mol. The van der Waals surface area contributed by atoms with Crippen molar-refractivity contribution >= 4 is 5.78 Å². The molecule has 0 amide bonds. The van der Waals surface area contributed by atoms with Crippen LogP contribution in [0.3, 0.4) is 0 Å². The van der Waals surface area contributed by atoms with Gasteiger partial charge < -0.3 is 4.74 Å². The van der Waals surface area contributed by atoms with Crippen molar-refractivity contribution in [2.75, 3.05) is 7.11 Å². The smallest absolute Gasteiger partial charge is 0.416 e. The fourth-order valence-corrected chi connectivity index (χ4v) is 2.21. The average Bonchev–Trinajstić information content (AvgIpc) is 2.55. The fraction of sp³-hybridized carbons (Fsp3) is 0.167. The van der Waals surface area contributed by atoms with Crippen LogP contribution in [0.1, 0.15) is 27.4 Å². The number of hydrogen-bond acceptors (Lipinski definition) is 2. The number of ketones is 1. The molecule has 0 aromatic heterocycles. The fourth-order valence-electron chi connectivity index (χ4n) is 2.21. The van der Waals surface area contributed by atoms with Crippen molar-refractivity contribution in [2.45, 2.75) is 12.1 Å². The summed E-state index contributed by atoms with van der Waals surface area (Å²) in [5, 5.41) is 0. The van der Waals surface area contributed by atoms with Crippen molar-refractivity contribution in [3.05, 3.63) is 77.9 Å². The van der Waals surface area contributed by atoms with E-state index in [9.17, 15) is 18.0 Å². The first-order valence-corrected chi connectivity index (χ1v) is 6.85. The number of rotatable bonds is 5. The maximum Gasteiger partial charge on any atom is 0.416 e. The standard InChI is InChI=1S/C18H15F3O2/c1-3-16(12-4-8-14(9-5-12)18(19,20)21)17(22)13-6-10-15(23-2)11-7-13/h3-11,16H,1H2,2H3. The van der Waals surface area contributed by atoms with Crippen LogP contribution in [-0.4, -0.2) is 12.9 Å². The predicted octanol–water partition coefficient (Wildman–Crippen LogP) is 4.87. The molecule has 0 fully saturated rings. The Morgan fingerprint density at radius 3 is 2.09 bits per heavy atom. The molecule has 5 heteroatoms. The second-order valence-corrected chi connectivity index (χ2v) is 4.93. The quantitative estimate of drug-likeness (QED) is 0.580. The number of hydrogen-bond donors (Lipinski definition) is 0. The lowest BCUT2D eigenvalue weighted by molar-refractivity contribution is -0.137. The third-order valence-corrected chi connectivity index (χ3v) is 3.49.